The first-order valence-corrected chi connectivity index (χ1v) is 6.67. The SMILES string of the molecule is CCOOC[C@@H]1CCC(OC)N1C(=O)OC(C)(C)C. The molecular weight excluding hydrogens is 250 g/mol. The van der Waals surface area contributed by atoms with Gasteiger partial charge in [-0.2, -0.15) is 0 Å². The van der Waals surface area contributed by atoms with Gasteiger partial charge in [-0.25, -0.2) is 14.6 Å². The average molecular weight is 275 g/mol. The molecule has 0 aromatic heterocycles. The van der Waals surface area contributed by atoms with Crippen LogP contribution in [0, 0.1) is 0 Å². The molecule has 1 fully saturated rings. The van der Waals surface area contributed by atoms with Gasteiger partial charge in [0.25, 0.3) is 0 Å². The van der Waals surface area contributed by atoms with E-state index >= 15 is 0 Å². The standard InChI is InChI=1S/C13H25NO5/c1-6-17-18-9-10-7-8-11(16-5)14(10)12(15)19-13(2,3)4/h10-11H,6-9H2,1-5H3/t10-,11?/m0/s1. The van der Waals surface area contributed by atoms with Crippen molar-refractivity contribution in [3.63, 3.8) is 0 Å². The maximum absolute atomic E-state index is 12.2. The quantitative estimate of drug-likeness (QED) is 0.438. The van der Waals surface area contributed by atoms with Gasteiger partial charge in [0.15, 0.2) is 0 Å². The van der Waals surface area contributed by atoms with E-state index in [0.29, 0.717) is 13.2 Å². The van der Waals surface area contributed by atoms with Crippen molar-refractivity contribution in [2.24, 2.45) is 0 Å². The highest BCUT2D eigenvalue weighted by Gasteiger charge is 2.39. The third-order valence-corrected chi connectivity index (χ3v) is 2.79. The van der Waals surface area contributed by atoms with Crippen molar-refractivity contribution >= 4 is 6.09 Å². The number of ether oxygens (including phenoxy) is 2. The average Bonchev–Trinajstić information content (AvgIpc) is 2.70. The zero-order chi connectivity index (χ0) is 14.5. The van der Waals surface area contributed by atoms with Crippen molar-refractivity contribution in [1.29, 1.82) is 0 Å². The number of methoxy groups -OCH3 is 1. The molecule has 6 nitrogen and oxygen atoms in total. The number of rotatable bonds is 5. The van der Waals surface area contributed by atoms with Crippen LogP contribution in [-0.2, 0) is 19.2 Å². The predicted octanol–water partition coefficient (Wildman–Crippen LogP) is 2.33. The van der Waals surface area contributed by atoms with E-state index in [2.05, 4.69) is 0 Å². The molecule has 0 aromatic carbocycles. The number of carbonyl (C=O) groups is 1. The Labute approximate surface area is 114 Å². The van der Waals surface area contributed by atoms with Crippen LogP contribution in [0.5, 0.6) is 0 Å². The van der Waals surface area contributed by atoms with Crippen molar-refractivity contribution in [1.82, 2.24) is 4.90 Å². The van der Waals surface area contributed by atoms with E-state index in [0.717, 1.165) is 12.8 Å². The molecule has 0 radical (unpaired) electrons. The minimum absolute atomic E-state index is 0.0775. The molecule has 0 N–H and O–H groups in total. The summed E-state index contributed by atoms with van der Waals surface area (Å²) in [6, 6.07) is -0.0775. The van der Waals surface area contributed by atoms with Crippen LogP contribution in [0.3, 0.4) is 0 Å². The van der Waals surface area contributed by atoms with E-state index in [1.165, 1.54) is 0 Å². The van der Waals surface area contributed by atoms with Gasteiger partial charge in [0.05, 0.1) is 12.6 Å². The minimum atomic E-state index is -0.525. The summed E-state index contributed by atoms with van der Waals surface area (Å²) in [7, 11) is 1.59. The number of hydrogen-bond donors (Lipinski definition) is 0. The van der Waals surface area contributed by atoms with Crippen LogP contribution in [0.25, 0.3) is 0 Å². The van der Waals surface area contributed by atoms with E-state index in [1.54, 1.807) is 12.0 Å². The van der Waals surface area contributed by atoms with Gasteiger partial charge in [-0.05, 0) is 40.5 Å². The van der Waals surface area contributed by atoms with Gasteiger partial charge in [0.1, 0.15) is 18.4 Å². The fourth-order valence-electron chi connectivity index (χ4n) is 2.03. The maximum atomic E-state index is 12.2. The highest BCUT2D eigenvalue weighted by atomic mass is 17.2. The first-order valence-electron chi connectivity index (χ1n) is 6.67. The molecule has 1 rings (SSSR count). The lowest BCUT2D eigenvalue weighted by Crippen LogP contribution is -2.46. The molecule has 19 heavy (non-hydrogen) atoms. The second-order valence-electron chi connectivity index (χ2n) is 5.50. The van der Waals surface area contributed by atoms with Crippen LogP contribution in [-0.4, -0.2) is 49.2 Å². The van der Waals surface area contributed by atoms with Crippen molar-refractivity contribution < 1.29 is 24.0 Å². The predicted molar refractivity (Wildman–Crippen MR) is 69.5 cm³/mol. The number of likely N-dealkylation sites (tertiary alicyclic amines) is 1. The normalized spacial score (nSPS) is 23.7. The second kappa shape index (κ2) is 7.07. The molecular formula is C13H25NO5. The van der Waals surface area contributed by atoms with Crippen molar-refractivity contribution in [3.05, 3.63) is 0 Å². The zero-order valence-electron chi connectivity index (χ0n) is 12.5. The largest absolute Gasteiger partial charge is 0.444 e. The molecule has 0 aromatic rings. The first kappa shape index (κ1) is 16.2. The topological polar surface area (TPSA) is 57.2 Å². The summed E-state index contributed by atoms with van der Waals surface area (Å²) in [6.07, 6.45) is 0.952. The first-order chi connectivity index (χ1) is 8.89. The second-order valence-corrected chi connectivity index (χ2v) is 5.50. The Morgan fingerprint density at radius 2 is 1.95 bits per heavy atom. The minimum Gasteiger partial charge on any atom is -0.444 e. The summed E-state index contributed by atoms with van der Waals surface area (Å²) >= 11 is 0. The summed E-state index contributed by atoms with van der Waals surface area (Å²) in [4.78, 5) is 23.7. The number of hydrogen-bond acceptors (Lipinski definition) is 5. The third kappa shape index (κ3) is 4.97. The molecule has 6 heteroatoms. The Morgan fingerprint density at radius 3 is 2.47 bits per heavy atom. The number of carbonyl (C=O) groups excluding carboxylic acids is 1. The van der Waals surface area contributed by atoms with Gasteiger partial charge in [-0.1, -0.05) is 0 Å². The van der Waals surface area contributed by atoms with Crippen LogP contribution in [0.2, 0.25) is 0 Å². The van der Waals surface area contributed by atoms with Crippen LogP contribution in [0.1, 0.15) is 40.5 Å². The molecule has 1 saturated heterocycles. The van der Waals surface area contributed by atoms with Crippen molar-refractivity contribution in [2.45, 2.75) is 58.4 Å². The lowest BCUT2D eigenvalue weighted by Gasteiger charge is -2.31. The van der Waals surface area contributed by atoms with E-state index in [1.807, 2.05) is 27.7 Å². The monoisotopic (exact) mass is 275 g/mol. The van der Waals surface area contributed by atoms with Crippen LogP contribution >= 0.6 is 0 Å². The Balaban J connectivity index is 2.63. The molecule has 1 heterocycles. The van der Waals surface area contributed by atoms with Gasteiger partial charge < -0.3 is 9.47 Å². The lowest BCUT2D eigenvalue weighted by atomic mass is 10.2. The number of amides is 1. The molecule has 1 aliphatic rings. The summed E-state index contributed by atoms with van der Waals surface area (Å²) in [5.74, 6) is 0. The van der Waals surface area contributed by atoms with E-state index in [-0.39, 0.29) is 18.4 Å². The van der Waals surface area contributed by atoms with Gasteiger partial charge in [0.2, 0.25) is 0 Å². The highest BCUT2D eigenvalue weighted by molar-refractivity contribution is 5.69. The van der Waals surface area contributed by atoms with Crippen LogP contribution in [0.15, 0.2) is 0 Å². The fraction of sp³-hybridized carbons (Fsp3) is 0.923. The summed E-state index contributed by atoms with van der Waals surface area (Å²) in [6.45, 7) is 8.18. The molecule has 1 unspecified atom stereocenters. The Kier molecular flexibility index (Phi) is 6.03. The Bertz CT molecular complexity index is 289. The van der Waals surface area contributed by atoms with Crippen molar-refractivity contribution in [2.75, 3.05) is 20.3 Å². The lowest BCUT2D eigenvalue weighted by molar-refractivity contribution is -0.297. The van der Waals surface area contributed by atoms with Crippen molar-refractivity contribution in [3.8, 4) is 0 Å². The fourth-order valence-corrected chi connectivity index (χ4v) is 2.03. The van der Waals surface area contributed by atoms with Crippen LogP contribution in [0.4, 0.5) is 4.79 Å². The van der Waals surface area contributed by atoms with E-state index in [9.17, 15) is 4.79 Å². The molecule has 112 valence electrons. The zero-order valence-corrected chi connectivity index (χ0v) is 12.5. The molecule has 1 amide bonds. The van der Waals surface area contributed by atoms with Gasteiger partial charge in [-0.15, -0.1) is 0 Å². The van der Waals surface area contributed by atoms with Gasteiger partial charge in [0, 0.05) is 7.11 Å². The molecule has 2 atom stereocenters. The molecule has 1 aliphatic heterocycles. The van der Waals surface area contributed by atoms with E-state index in [4.69, 9.17) is 19.2 Å². The molecule has 0 saturated carbocycles. The number of nitrogens with zero attached hydrogens (tertiary/aromatic N) is 1. The van der Waals surface area contributed by atoms with Crippen LogP contribution < -0.4 is 0 Å². The Morgan fingerprint density at radius 1 is 1.26 bits per heavy atom. The van der Waals surface area contributed by atoms with E-state index < -0.39 is 5.60 Å². The van der Waals surface area contributed by atoms with Gasteiger partial charge >= 0.3 is 6.09 Å². The highest BCUT2D eigenvalue weighted by Crippen LogP contribution is 2.27. The molecule has 0 aliphatic carbocycles. The molecule has 0 spiro atoms. The molecule has 0 bridgehead atoms. The summed E-state index contributed by atoms with van der Waals surface area (Å²) in [5, 5.41) is 0. The Hall–Kier alpha value is -0.850. The third-order valence-electron chi connectivity index (χ3n) is 2.79. The summed E-state index contributed by atoms with van der Waals surface area (Å²) < 4.78 is 10.7. The maximum Gasteiger partial charge on any atom is 0.412 e. The smallest absolute Gasteiger partial charge is 0.412 e. The summed E-state index contributed by atoms with van der Waals surface area (Å²) in [5.41, 5.74) is -0.525. The van der Waals surface area contributed by atoms with Gasteiger partial charge in [-0.3, -0.25) is 4.90 Å².